The first-order valence-electron chi connectivity index (χ1n) is 5.34. The van der Waals surface area contributed by atoms with Gasteiger partial charge in [0, 0.05) is 18.0 Å². The number of carbonyl (C=O) groups is 1. The molecule has 2 atom stereocenters. The van der Waals surface area contributed by atoms with Crippen molar-refractivity contribution in [1.29, 1.82) is 0 Å². The third kappa shape index (κ3) is 1.18. The Bertz CT molecular complexity index is 269. The predicted octanol–water partition coefficient (Wildman–Crippen LogP) is 0.884. The number of hydrogen-bond acceptors (Lipinski definition) is 2. The minimum absolute atomic E-state index is 0.135. The van der Waals surface area contributed by atoms with Crippen LogP contribution in [0.5, 0.6) is 0 Å². The van der Waals surface area contributed by atoms with E-state index in [2.05, 4.69) is 33.0 Å². The fourth-order valence-corrected chi connectivity index (χ4v) is 2.50. The maximum atomic E-state index is 11.9. The average molecular weight is 196 g/mol. The Balaban J connectivity index is 1.95. The Morgan fingerprint density at radius 2 is 1.71 bits per heavy atom. The highest BCUT2D eigenvalue weighted by Crippen LogP contribution is 2.68. The molecule has 3 nitrogen and oxygen atoms in total. The molecule has 0 aromatic heterocycles. The van der Waals surface area contributed by atoms with Crippen LogP contribution in [0.1, 0.15) is 34.1 Å². The molecule has 0 radical (unpaired) electrons. The van der Waals surface area contributed by atoms with Crippen LogP contribution in [0.3, 0.4) is 0 Å². The molecule has 1 amide bonds. The van der Waals surface area contributed by atoms with Gasteiger partial charge in [0.05, 0.1) is 0 Å². The van der Waals surface area contributed by atoms with Gasteiger partial charge in [-0.15, -0.1) is 0 Å². The minimum Gasteiger partial charge on any atom is -0.351 e. The van der Waals surface area contributed by atoms with E-state index < -0.39 is 0 Å². The maximum Gasteiger partial charge on any atom is 0.224 e. The fraction of sp³-hybridized carbons (Fsp3) is 0.909. The van der Waals surface area contributed by atoms with Gasteiger partial charge in [-0.05, 0) is 17.3 Å². The quantitative estimate of drug-likeness (QED) is 0.689. The van der Waals surface area contributed by atoms with Gasteiger partial charge < -0.3 is 11.1 Å². The van der Waals surface area contributed by atoms with Crippen molar-refractivity contribution >= 4 is 5.91 Å². The van der Waals surface area contributed by atoms with Gasteiger partial charge in [0.1, 0.15) is 0 Å². The molecule has 2 aliphatic carbocycles. The van der Waals surface area contributed by atoms with E-state index in [9.17, 15) is 4.79 Å². The van der Waals surface area contributed by atoms with Crippen molar-refractivity contribution in [2.24, 2.45) is 22.5 Å². The molecule has 3 N–H and O–H groups in total. The van der Waals surface area contributed by atoms with Crippen LogP contribution in [0.15, 0.2) is 0 Å². The van der Waals surface area contributed by atoms with Crippen molar-refractivity contribution in [3.63, 3.8) is 0 Å². The van der Waals surface area contributed by atoms with Crippen LogP contribution >= 0.6 is 0 Å². The van der Waals surface area contributed by atoms with Gasteiger partial charge in [-0.2, -0.15) is 0 Å². The number of amides is 1. The van der Waals surface area contributed by atoms with Gasteiger partial charge in [-0.25, -0.2) is 0 Å². The molecule has 14 heavy (non-hydrogen) atoms. The summed E-state index contributed by atoms with van der Waals surface area (Å²) in [7, 11) is 0. The van der Waals surface area contributed by atoms with Crippen molar-refractivity contribution in [3.05, 3.63) is 0 Å². The number of rotatable bonds is 2. The van der Waals surface area contributed by atoms with E-state index in [1.165, 1.54) is 0 Å². The van der Waals surface area contributed by atoms with Gasteiger partial charge >= 0.3 is 0 Å². The van der Waals surface area contributed by atoms with Crippen LogP contribution < -0.4 is 11.1 Å². The summed E-state index contributed by atoms with van der Waals surface area (Å²) in [4.78, 5) is 11.9. The highest BCUT2D eigenvalue weighted by atomic mass is 16.2. The third-order valence-corrected chi connectivity index (χ3v) is 4.45. The molecular formula is C11H20N2O. The second kappa shape index (κ2) is 2.51. The van der Waals surface area contributed by atoms with Crippen molar-refractivity contribution < 1.29 is 4.79 Å². The second-order valence-electron chi connectivity index (χ2n) is 5.89. The number of nitrogens with two attached hydrogens (primary N) is 1. The van der Waals surface area contributed by atoms with Gasteiger partial charge in [-0.1, -0.05) is 27.7 Å². The first-order chi connectivity index (χ1) is 6.28. The lowest BCUT2D eigenvalue weighted by Gasteiger charge is -2.04. The van der Waals surface area contributed by atoms with Crippen molar-refractivity contribution in [1.82, 2.24) is 5.32 Å². The van der Waals surface area contributed by atoms with E-state index in [-0.39, 0.29) is 34.7 Å². The normalized spacial score (nSPS) is 37.8. The zero-order chi connectivity index (χ0) is 10.7. The molecule has 0 aromatic carbocycles. The summed E-state index contributed by atoms with van der Waals surface area (Å²) < 4.78 is 0. The Morgan fingerprint density at radius 1 is 1.29 bits per heavy atom. The number of carbonyl (C=O) groups excluding carboxylic acids is 1. The van der Waals surface area contributed by atoms with Crippen molar-refractivity contribution in [3.8, 4) is 0 Å². The van der Waals surface area contributed by atoms with Crippen molar-refractivity contribution in [2.75, 3.05) is 0 Å². The lowest BCUT2D eigenvalue weighted by Crippen LogP contribution is -2.32. The summed E-state index contributed by atoms with van der Waals surface area (Å²) in [5, 5.41) is 3.01. The summed E-state index contributed by atoms with van der Waals surface area (Å²) in [6, 6.07) is 0.443. The van der Waals surface area contributed by atoms with Gasteiger partial charge in [-0.3, -0.25) is 4.79 Å². The van der Waals surface area contributed by atoms with Crippen LogP contribution in [-0.4, -0.2) is 18.0 Å². The van der Waals surface area contributed by atoms with Crippen molar-refractivity contribution in [2.45, 2.75) is 46.2 Å². The SMILES string of the molecule is CC1(C)C(C(=O)NC2CC2N)C1(C)C. The molecule has 0 bridgehead atoms. The Kier molecular flexibility index (Phi) is 1.79. The van der Waals surface area contributed by atoms with Crippen LogP contribution in [0.25, 0.3) is 0 Å². The summed E-state index contributed by atoms with van der Waals surface area (Å²) in [6.07, 6.45) is 0.944. The van der Waals surface area contributed by atoms with Crippen LogP contribution in [0.4, 0.5) is 0 Å². The molecule has 0 saturated heterocycles. The first kappa shape index (κ1) is 9.97. The molecule has 2 unspecified atom stereocenters. The number of hydrogen-bond donors (Lipinski definition) is 2. The Hall–Kier alpha value is -0.570. The van der Waals surface area contributed by atoms with Crippen LogP contribution in [-0.2, 0) is 4.79 Å². The number of nitrogens with one attached hydrogen (secondary N) is 1. The van der Waals surface area contributed by atoms with Gasteiger partial charge in [0.15, 0.2) is 0 Å². The standard InChI is InChI=1S/C11H20N2O/c1-10(2)8(11(10,3)4)9(14)13-7-5-6(7)12/h6-8H,5,12H2,1-4H3,(H,13,14). The summed E-state index contributed by atoms with van der Waals surface area (Å²) in [5.74, 6) is 0.348. The summed E-state index contributed by atoms with van der Waals surface area (Å²) in [6.45, 7) is 8.63. The topological polar surface area (TPSA) is 55.1 Å². The highest BCUT2D eigenvalue weighted by molar-refractivity contribution is 5.84. The molecule has 0 aliphatic heterocycles. The minimum atomic E-state index is 0.135. The molecule has 80 valence electrons. The molecule has 0 spiro atoms. The third-order valence-electron chi connectivity index (χ3n) is 4.45. The average Bonchev–Trinajstić information content (AvgIpc) is 2.73. The van der Waals surface area contributed by atoms with E-state index in [1.54, 1.807) is 0 Å². The fourth-order valence-electron chi connectivity index (χ4n) is 2.50. The molecule has 0 heterocycles. The maximum absolute atomic E-state index is 11.9. The summed E-state index contributed by atoms with van der Waals surface area (Å²) >= 11 is 0. The van der Waals surface area contributed by atoms with E-state index >= 15 is 0 Å². The molecule has 0 aromatic rings. The molecule has 2 rings (SSSR count). The predicted molar refractivity (Wildman–Crippen MR) is 55.6 cm³/mol. The zero-order valence-electron chi connectivity index (χ0n) is 9.42. The lowest BCUT2D eigenvalue weighted by molar-refractivity contribution is -0.123. The largest absolute Gasteiger partial charge is 0.351 e. The first-order valence-corrected chi connectivity index (χ1v) is 5.34. The van der Waals surface area contributed by atoms with E-state index in [0.717, 1.165) is 6.42 Å². The molecular weight excluding hydrogens is 176 g/mol. The summed E-state index contributed by atoms with van der Waals surface area (Å²) in [5.41, 5.74) is 5.93. The van der Waals surface area contributed by atoms with E-state index in [4.69, 9.17) is 5.73 Å². The van der Waals surface area contributed by atoms with E-state index in [0.29, 0.717) is 0 Å². The monoisotopic (exact) mass is 196 g/mol. The Morgan fingerprint density at radius 3 is 2.00 bits per heavy atom. The lowest BCUT2D eigenvalue weighted by atomic mass is 10.0. The zero-order valence-corrected chi connectivity index (χ0v) is 9.42. The van der Waals surface area contributed by atoms with Gasteiger partial charge in [0.2, 0.25) is 5.91 Å². The Labute approximate surface area is 85.4 Å². The van der Waals surface area contributed by atoms with Crippen LogP contribution in [0, 0.1) is 16.7 Å². The molecule has 3 heteroatoms. The molecule has 2 saturated carbocycles. The molecule has 2 fully saturated rings. The van der Waals surface area contributed by atoms with Crippen LogP contribution in [0.2, 0.25) is 0 Å². The smallest absolute Gasteiger partial charge is 0.224 e. The van der Waals surface area contributed by atoms with E-state index in [1.807, 2.05) is 0 Å². The highest BCUT2D eigenvalue weighted by Gasteiger charge is 2.68. The molecule has 2 aliphatic rings. The second-order valence-corrected chi connectivity index (χ2v) is 5.89. The van der Waals surface area contributed by atoms with Gasteiger partial charge in [0.25, 0.3) is 0 Å².